The number of methoxy groups -OCH3 is 1. The number of esters is 1. The van der Waals surface area contributed by atoms with Gasteiger partial charge in [-0.25, -0.2) is 4.79 Å². The van der Waals surface area contributed by atoms with Gasteiger partial charge in [-0.2, -0.15) is 0 Å². The molecule has 24 heavy (non-hydrogen) atoms. The molecule has 128 valence electrons. The lowest BCUT2D eigenvalue weighted by molar-refractivity contribution is -0.584. The van der Waals surface area contributed by atoms with E-state index in [-0.39, 0.29) is 16.9 Å². The van der Waals surface area contributed by atoms with Crippen molar-refractivity contribution < 1.29 is 14.5 Å². The van der Waals surface area contributed by atoms with E-state index < -0.39 is 17.0 Å². The lowest BCUT2D eigenvalue weighted by Gasteiger charge is -2.37. The van der Waals surface area contributed by atoms with Crippen molar-refractivity contribution in [3.63, 3.8) is 0 Å². The van der Waals surface area contributed by atoms with E-state index in [0.717, 1.165) is 24.8 Å². The zero-order valence-electron chi connectivity index (χ0n) is 13.8. The van der Waals surface area contributed by atoms with Crippen LogP contribution in [0, 0.1) is 16.0 Å². The minimum absolute atomic E-state index is 0.0827. The Balaban J connectivity index is 1.94. The number of hydrogen-bond acceptors (Lipinski definition) is 5. The topological polar surface area (TPSA) is 72.7 Å². The fourth-order valence-corrected chi connectivity index (χ4v) is 5.85. The van der Waals surface area contributed by atoms with Crippen LogP contribution in [0.15, 0.2) is 30.3 Å². The van der Waals surface area contributed by atoms with E-state index in [0.29, 0.717) is 19.4 Å². The molecule has 2 aliphatic heterocycles. The number of ether oxygens (including phenoxy) is 1. The third-order valence-corrected chi connectivity index (χ3v) is 6.54. The molecule has 0 aromatic heterocycles. The minimum Gasteiger partial charge on any atom is -0.467 e. The van der Waals surface area contributed by atoms with Crippen molar-refractivity contribution in [1.29, 1.82) is 0 Å². The molecule has 6 nitrogen and oxygen atoms in total. The van der Waals surface area contributed by atoms with Gasteiger partial charge in [-0.1, -0.05) is 30.3 Å². The highest BCUT2D eigenvalue weighted by Crippen LogP contribution is 2.64. The van der Waals surface area contributed by atoms with E-state index in [1.165, 1.54) is 7.11 Å². The molecule has 1 saturated carbocycles. The molecule has 2 heterocycles. The standard InChI is InChI=1S/C18H22N2O4/c1-24-16(21)18-11-6-12-19(18)15(13-7-3-2-4-8-13)14-9-5-10-17(14,18)20(22)23/h2-4,7-8,14-15H,5-6,9-12H2,1H3/t14-,15-,17+,18-/m0/s1. The van der Waals surface area contributed by atoms with Crippen molar-refractivity contribution in [3.05, 3.63) is 46.0 Å². The van der Waals surface area contributed by atoms with Crippen molar-refractivity contribution in [2.24, 2.45) is 5.92 Å². The zero-order valence-corrected chi connectivity index (χ0v) is 13.8. The Hall–Kier alpha value is -1.95. The number of benzene rings is 1. The molecular formula is C18H22N2O4. The lowest BCUT2D eigenvalue weighted by Crippen LogP contribution is -2.64. The van der Waals surface area contributed by atoms with Gasteiger partial charge in [0.2, 0.25) is 0 Å². The Morgan fingerprint density at radius 3 is 2.71 bits per heavy atom. The van der Waals surface area contributed by atoms with Crippen LogP contribution in [0.25, 0.3) is 0 Å². The second-order valence-corrected chi connectivity index (χ2v) is 7.18. The number of hydrogen-bond donors (Lipinski definition) is 0. The molecule has 0 unspecified atom stereocenters. The van der Waals surface area contributed by atoms with Crippen molar-refractivity contribution >= 4 is 5.97 Å². The van der Waals surface area contributed by atoms with Gasteiger partial charge in [0.05, 0.1) is 13.0 Å². The normalized spacial score (nSPS) is 37.9. The number of carbonyl (C=O) groups excluding carboxylic acids is 1. The van der Waals surface area contributed by atoms with Gasteiger partial charge < -0.3 is 4.74 Å². The number of nitro groups is 1. The maximum absolute atomic E-state index is 12.9. The molecule has 4 rings (SSSR count). The van der Waals surface area contributed by atoms with E-state index in [1.807, 2.05) is 30.3 Å². The second kappa shape index (κ2) is 5.28. The molecule has 0 amide bonds. The minimum atomic E-state index is -1.23. The van der Waals surface area contributed by atoms with Gasteiger partial charge in [-0.05, 0) is 31.2 Å². The predicted octanol–water partition coefficient (Wildman–Crippen LogP) is 2.56. The average molecular weight is 330 g/mol. The molecule has 0 bridgehead atoms. The summed E-state index contributed by atoms with van der Waals surface area (Å²) in [6.07, 6.45) is 3.35. The summed E-state index contributed by atoms with van der Waals surface area (Å²) < 4.78 is 5.12. The molecule has 0 N–H and O–H groups in total. The second-order valence-electron chi connectivity index (χ2n) is 7.18. The highest BCUT2D eigenvalue weighted by Gasteiger charge is 2.81. The summed E-state index contributed by atoms with van der Waals surface area (Å²) in [6.45, 7) is 0.709. The average Bonchev–Trinajstić information content (AvgIpc) is 3.25. The zero-order chi connectivity index (χ0) is 16.9. The summed E-state index contributed by atoms with van der Waals surface area (Å²) in [5.74, 6) is -0.573. The maximum atomic E-state index is 12.9. The molecule has 0 radical (unpaired) electrons. The van der Waals surface area contributed by atoms with Crippen LogP contribution in [0.2, 0.25) is 0 Å². The van der Waals surface area contributed by atoms with E-state index in [1.54, 1.807) is 0 Å². The highest BCUT2D eigenvalue weighted by molar-refractivity contribution is 5.84. The van der Waals surface area contributed by atoms with Crippen LogP contribution >= 0.6 is 0 Å². The molecule has 3 fully saturated rings. The SMILES string of the molecule is COC(=O)[C@]12CCCN1[C@@H](c1ccccc1)[C@@H]1CCC[C@@]12[N+](=O)[O-]. The largest absolute Gasteiger partial charge is 0.467 e. The Kier molecular flexibility index (Phi) is 3.42. The summed E-state index contributed by atoms with van der Waals surface area (Å²) in [4.78, 5) is 27.1. The Morgan fingerprint density at radius 1 is 1.29 bits per heavy atom. The molecular weight excluding hydrogens is 308 g/mol. The first-order chi connectivity index (χ1) is 11.6. The molecule has 2 saturated heterocycles. The predicted molar refractivity (Wildman–Crippen MR) is 86.9 cm³/mol. The van der Waals surface area contributed by atoms with Gasteiger partial charge in [0.1, 0.15) is 0 Å². The van der Waals surface area contributed by atoms with Crippen LogP contribution in [0.4, 0.5) is 0 Å². The Labute approximate surface area is 140 Å². The first-order valence-electron chi connectivity index (χ1n) is 8.64. The van der Waals surface area contributed by atoms with Crippen LogP contribution in [0.3, 0.4) is 0 Å². The number of fused-ring (bicyclic) bond motifs is 3. The maximum Gasteiger partial charge on any atom is 0.333 e. The van der Waals surface area contributed by atoms with E-state index in [4.69, 9.17) is 4.74 Å². The van der Waals surface area contributed by atoms with Gasteiger partial charge in [0, 0.05) is 23.9 Å². The number of rotatable bonds is 3. The van der Waals surface area contributed by atoms with Gasteiger partial charge >= 0.3 is 5.97 Å². The fraction of sp³-hybridized carbons (Fsp3) is 0.611. The molecule has 0 spiro atoms. The summed E-state index contributed by atoms with van der Waals surface area (Å²) in [5.41, 5.74) is -1.27. The van der Waals surface area contributed by atoms with Crippen molar-refractivity contribution in [2.75, 3.05) is 13.7 Å². The summed E-state index contributed by atoms with van der Waals surface area (Å²) in [6, 6.07) is 9.85. The van der Waals surface area contributed by atoms with Gasteiger partial charge in [-0.15, -0.1) is 0 Å². The quantitative estimate of drug-likeness (QED) is 0.484. The first kappa shape index (κ1) is 15.6. The summed E-state index contributed by atoms with van der Waals surface area (Å²) in [7, 11) is 1.35. The highest BCUT2D eigenvalue weighted by atomic mass is 16.6. The van der Waals surface area contributed by atoms with E-state index in [9.17, 15) is 14.9 Å². The number of nitrogens with zero attached hydrogens (tertiary/aromatic N) is 2. The summed E-state index contributed by atoms with van der Waals surface area (Å²) in [5, 5.41) is 12.3. The van der Waals surface area contributed by atoms with Crippen LogP contribution < -0.4 is 0 Å². The molecule has 4 atom stereocenters. The monoisotopic (exact) mass is 330 g/mol. The van der Waals surface area contributed by atoms with Gasteiger partial charge in [0.15, 0.2) is 5.54 Å². The molecule has 6 heteroatoms. The fourth-order valence-electron chi connectivity index (χ4n) is 5.85. The van der Waals surface area contributed by atoms with Crippen molar-refractivity contribution in [3.8, 4) is 0 Å². The lowest BCUT2D eigenvalue weighted by atomic mass is 9.71. The van der Waals surface area contributed by atoms with Crippen molar-refractivity contribution in [2.45, 2.75) is 49.2 Å². The van der Waals surface area contributed by atoms with E-state index in [2.05, 4.69) is 4.90 Å². The number of carbonyl (C=O) groups is 1. The van der Waals surface area contributed by atoms with Crippen LogP contribution in [-0.2, 0) is 9.53 Å². The van der Waals surface area contributed by atoms with Crippen molar-refractivity contribution in [1.82, 2.24) is 4.90 Å². The summed E-state index contributed by atoms with van der Waals surface area (Å²) >= 11 is 0. The van der Waals surface area contributed by atoms with Crippen LogP contribution in [-0.4, -0.2) is 40.5 Å². The van der Waals surface area contributed by atoms with E-state index >= 15 is 0 Å². The first-order valence-corrected chi connectivity index (χ1v) is 8.64. The van der Waals surface area contributed by atoms with Crippen LogP contribution in [0.1, 0.15) is 43.7 Å². The van der Waals surface area contributed by atoms with Gasteiger partial charge in [-0.3, -0.25) is 15.0 Å². The molecule has 3 aliphatic rings. The van der Waals surface area contributed by atoms with Gasteiger partial charge in [0.25, 0.3) is 5.54 Å². The Morgan fingerprint density at radius 2 is 2.04 bits per heavy atom. The third-order valence-electron chi connectivity index (χ3n) is 6.54. The third kappa shape index (κ3) is 1.62. The Bertz CT molecular complexity index is 679. The van der Waals surface area contributed by atoms with Crippen LogP contribution in [0.5, 0.6) is 0 Å². The molecule has 1 aliphatic carbocycles. The molecule has 1 aromatic rings. The molecule has 1 aromatic carbocycles. The smallest absolute Gasteiger partial charge is 0.333 e.